The van der Waals surface area contributed by atoms with Gasteiger partial charge < -0.3 is 15.8 Å². The number of nitrogens with one attached hydrogen (secondary N) is 1. The Morgan fingerprint density at radius 2 is 2.00 bits per heavy atom. The zero-order valence-electron chi connectivity index (χ0n) is 11.4. The van der Waals surface area contributed by atoms with Crippen LogP contribution in [0.2, 0.25) is 0 Å². The number of benzene rings is 1. The molecule has 4 nitrogen and oxygen atoms in total. The summed E-state index contributed by atoms with van der Waals surface area (Å²) in [5, 5.41) is 3.01. The van der Waals surface area contributed by atoms with E-state index >= 15 is 0 Å². The molecule has 2 rings (SSSR count). The summed E-state index contributed by atoms with van der Waals surface area (Å²) in [4.78, 5) is 11.8. The van der Waals surface area contributed by atoms with Crippen molar-refractivity contribution in [1.29, 1.82) is 0 Å². The van der Waals surface area contributed by atoms with Crippen LogP contribution >= 0.6 is 0 Å². The van der Waals surface area contributed by atoms with Crippen LogP contribution in [0.15, 0.2) is 24.3 Å². The van der Waals surface area contributed by atoms with Crippen molar-refractivity contribution in [2.75, 3.05) is 12.3 Å². The number of nitrogens with two attached hydrogens (primary N) is 1. The SMILES string of the molecule is CC(NC(=O)COc1ccc(N)cc1)C1CCCC1. The Labute approximate surface area is 114 Å². The smallest absolute Gasteiger partial charge is 0.258 e. The van der Waals surface area contributed by atoms with Crippen molar-refractivity contribution in [1.82, 2.24) is 5.32 Å². The molecule has 0 radical (unpaired) electrons. The lowest BCUT2D eigenvalue weighted by Crippen LogP contribution is -2.39. The van der Waals surface area contributed by atoms with E-state index in [0.29, 0.717) is 17.4 Å². The summed E-state index contributed by atoms with van der Waals surface area (Å²) in [5.41, 5.74) is 6.27. The number of nitrogen functional groups attached to an aromatic ring is 1. The molecule has 1 saturated carbocycles. The third-order valence-corrected chi connectivity index (χ3v) is 3.75. The minimum Gasteiger partial charge on any atom is -0.484 e. The van der Waals surface area contributed by atoms with E-state index in [0.717, 1.165) is 0 Å². The first-order chi connectivity index (χ1) is 9.15. The summed E-state index contributed by atoms with van der Waals surface area (Å²) in [6.07, 6.45) is 5.01. The topological polar surface area (TPSA) is 64.3 Å². The second-order valence-electron chi connectivity index (χ2n) is 5.26. The molecule has 1 aliphatic rings. The number of amides is 1. The van der Waals surface area contributed by atoms with E-state index in [1.165, 1.54) is 25.7 Å². The summed E-state index contributed by atoms with van der Waals surface area (Å²) >= 11 is 0. The Balaban J connectivity index is 1.73. The Morgan fingerprint density at radius 3 is 2.63 bits per heavy atom. The van der Waals surface area contributed by atoms with E-state index in [2.05, 4.69) is 12.2 Å². The minimum absolute atomic E-state index is 0.0565. The predicted octanol–water partition coefficient (Wildman–Crippen LogP) is 2.34. The molecule has 1 amide bonds. The standard InChI is InChI=1S/C15H22N2O2/c1-11(12-4-2-3-5-12)17-15(18)10-19-14-8-6-13(16)7-9-14/h6-9,11-12H,2-5,10,16H2,1H3,(H,17,18). The van der Waals surface area contributed by atoms with Gasteiger partial charge in [-0.3, -0.25) is 4.79 Å². The highest BCUT2D eigenvalue weighted by Crippen LogP contribution is 2.27. The highest BCUT2D eigenvalue weighted by Gasteiger charge is 2.22. The van der Waals surface area contributed by atoms with Crippen LogP contribution in [0.1, 0.15) is 32.6 Å². The number of ether oxygens (including phenoxy) is 1. The molecule has 0 heterocycles. The predicted molar refractivity (Wildman–Crippen MR) is 75.9 cm³/mol. The molecule has 4 heteroatoms. The number of rotatable bonds is 5. The van der Waals surface area contributed by atoms with E-state index in [1.54, 1.807) is 24.3 Å². The van der Waals surface area contributed by atoms with Gasteiger partial charge in [0.2, 0.25) is 0 Å². The number of carbonyl (C=O) groups is 1. The molecular formula is C15H22N2O2. The molecule has 1 fully saturated rings. The molecule has 3 N–H and O–H groups in total. The second kappa shape index (κ2) is 6.45. The highest BCUT2D eigenvalue weighted by atomic mass is 16.5. The van der Waals surface area contributed by atoms with Crippen molar-refractivity contribution in [2.24, 2.45) is 5.92 Å². The summed E-state index contributed by atoms with van der Waals surface area (Å²) in [7, 11) is 0. The fourth-order valence-corrected chi connectivity index (χ4v) is 2.58. The summed E-state index contributed by atoms with van der Waals surface area (Å²) in [6.45, 7) is 2.14. The molecule has 0 aliphatic heterocycles. The maximum absolute atomic E-state index is 11.8. The van der Waals surface area contributed by atoms with Crippen LogP contribution in [-0.4, -0.2) is 18.6 Å². The van der Waals surface area contributed by atoms with E-state index in [-0.39, 0.29) is 18.6 Å². The molecule has 0 spiro atoms. The van der Waals surface area contributed by atoms with Gasteiger partial charge in [0.25, 0.3) is 5.91 Å². The van der Waals surface area contributed by atoms with Gasteiger partial charge in [0.05, 0.1) is 0 Å². The van der Waals surface area contributed by atoms with E-state index < -0.39 is 0 Å². The van der Waals surface area contributed by atoms with Crippen LogP contribution in [0.3, 0.4) is 0 Å². The molecule has 0 bridgehead atoms. The second-order valence-corrected chi connectivity index (χ2v) is 5.26. The molecule has 104 valence electrons. The van der Waals surface area contributed by atoms with Gasteiger partial charge in [0.1, 0.15) is 5.75 Å². The van der Waals surface area contributed by atoms with Gasteiger partial charge in [-0.1, -0.05) is 12.8 Å². The lowest BCUT2D eigenvalue weighted by Gasteiger charge is -2.20. The summed E-state index contributed by atoms with van der Waals surface area (Å²) < 4.78 is 5.42. The highest BCUT2D eigenvalue weighted by molar-refractivity contribution is 5.77. The summed E-state index contributed by atoms with van der Waals surface area (Å²) in [5.74, 6) is 1.23. The molecule has 1 aromatic rings. The van der Waals surface area contributed by atoms with Gasteiger partial charge in [0, 0.05) is 11.7 Å². The van der Waals surface area contributed by atoms with Crippen molar-refractivity contribution < 1.29 is 9.53 Å². The molecular weight excluding hydrogens is 240 g/mol. The van der Waals surface area contributed by atoms with Gasteiger partial charge in [-0.2, -0.15) is 0 Å². The first-order valence-electron chi connectivity index (χ1n) is 6.93. The lowest BCUT2D eigenvalue weighted by atomic mass is 10.00. The number of anilines is 1. The van der Waals surface area contributed by atoms with Crippen molar-refractivity contribution in [3.05, 3.63) is 24.3 Å². The van der Waals surface area contributed by atoms with Crippen LogP contribution in [0.5, 0.6) is 5.75 Å². The summed E-state index contributed by atoms with van der Waals surface area (Å²) in [6, 6.07) is 7.29. The number of hydrogen-bond acceptors (Lipinski definition) is 3. The first-order valence-corrected chi connectivity index (χ1v) is 6.93. The van der Waals surface area contributed by atoms with Gasteiger partial charge >= 0.3 is 0 Å². The molecule has 1 atom stereocenters. The fraction of sp³-hybridized carbons (Fsp3) is 0.533. The van der Waals surface area contributed by atoms with Gasteiger partial charge in [-0.05, 0) is 49.9 Å². The molecule has 0 saturated heterocycles. The Bertz CT molecular complexity index is 411. The first kappa shape index (κ1) is 13.7. The third-order valence-electron chi connectivity index (χ3n) is 3.75. The van der Waals surface area contributed by atoms with E-state index in [4.69, 9.17) is 10.5 Å². The lowest BCUT2D eigenvalue weighted by molar-refractivity contribution is -0.124. The third kappa shape index (κ3) is 4.16. The maximum atomic E-state index is 11.8. The average molecular weight is 262 g/mol. The van der Waals surface area contributed by atoms with Crippen LogP contribution in [0, 0.1) is 5.92 Å². The zero-order chi connectivity index (χ0) is 13.7. The van der Waals surface area contributed by atoms with Crippen LogP contribution < -0.4 is 15.8 Å². The van der Waals surface area contributed by atoms with Crippen molar-refractivity contribution in [2.45, 2.75) is 38.6 Å². The van der Waals surface area contributed by atoms with E-state index in [9.17, 15) is 4.79 Å². The minimum atomic E-state index is -0.0591. The van der Waals surface area contributed by atoms with Crippen molar-refractivity contribution >= 4 is 11.6 Å². The van der Waals surface area contributed by atoms with Crippen molar-refractivity contribution in [3.63, 3.8) is 0 Å². The molecule has 1 unspecified atom stereocenters. The maximum Gasteiger partial charge on any atom is 0.258 e. The molecule has 19 heavy (non-hydrogen) atoms. The van der Waals surface area contributed by atoms with E-state index in [1.807, 2.05) is 0 Å². The van der Waals surface area contributed by atoms with Crippen molar-refractivity contribution in [3.8, 4) is 5.75 Å². The average Bonchev–Trinajstić information content (AvgIpc) is 2.92. The monoisotopic (exact) mass is 262 g/mol. The Hall–Kier alpha value is -1.71. The van der Waals surface area contributed by atoms with Crippen LogP contribution in [0.25, 0.3) is 0 Å². The number of carbonyl (C=O) groups excluding carboxylic acids is 1. The zero-order valence-corrected chi connectivity index (χ0v) is 11.4. The number of hydrogen-bond donors (Lipinski definition) is 2. The van der Waals surface area contributed by atoms with Gasteiger partial charge in [0.15, 0.2) is 6.61 Å². The normalized spacial score (nSPS) is 17.1. The fourth-order valence-electron chi connectivity index (χ4n) is 2.58. The molecule has 1 aliphatic carbocycles. The van der Waals surface area contributed by atoms with Gasteiger partial charge in [-0.15, -0.1) is 0 Å². The van der Waals surface area contributed by atoms with Crippen LogP contribution in [-0.2, 0) is 4.79 Å². The van der Waals surface area contributed by atoms with Gasteiger partial charge in [-0.25, -0.2) is 0 Å². The van der Waals surface area contributed by atoms with Crippen LogP contribution in [0.4, 0.5) is 5.69 Å². The quantitative estimate of drug-likeness (QED) is 0.801. The Morgan fingerprint density at radius 1 is 1.37 bits per heavy atom. The molecule has 0 aromatic heterocycles. The molecule has 1 aromatic carbocycles. The largest absolute Gasteiger partial charge is 0.484 e. The Kier molecular flexibility index (Phi) is 4.66.